The molecule has 0 aliphatic heterocycles. The smallest absolute Gasteiger partial charge is 0.0458 e. The van der Waals surface area contributed by atoms with Crippen LogP contribution in [0.4, 0.5) is 11.4 Å². The lowest BCUT2D eigenvalue weighted by Gasteiger charge is -2.33. The maximum atomic E-state index is 2.39. The highest BCUT2D eigenvalue weighted by Crippen LogP contribution is 2.35. The quantitative estimate of drug-likeness (QED) is 0.598. The first-order valence-corrected chi connectivity index (χ1v) is 8.53. The van der Waals surface area contributed by atoms with Crippen molar-refractivity contribution in [2.45, 2.75) is 41.5 Å². The molecule has 0 heterocycles. The van der Waals surface area contributed by atoms with E-state index in [0.717, 1.165) is 0 Å². The summed E-state index contributed by atoms with van der Waals surface area (Å²) in [5.41, 5.74) is 6.38. The lowest BCUT2D eigenvalue weighted by molar-refractivity contribution is 0.473. The topological polar surface area (TPSA) is 3.24 Å². The van der Waals surface area contributed by atoms with E-state index < -0.39 is 0 Å². The van der Waals surface area contributed by atoms with Gasteiger partial charge in [0, 0.05) is 17.1 Å². The Hall–Kier alpha value is -2.02. The highest BCUT2D eigenvalue weighted by atomic mass is 15.2. The third kappa shape index (κ3) is 4.04. The molecule has 2 aromatic rings. The molecule has 0 bridgehead atoms. The molecule has 0 radical (unpaired) electrons. The van der Waals surface area contributed by atoms with Gasteiger partial charge < -0.3 is 4.90 Å². The minimum Gasteiger partial charge on any atom is -0.314 e. The van der Waals surface area contributed by atoms with Gasteiger partial charge in [0.05, 0.1) is 0 Å². The van der Waals surface area contributed by atoms with E-state index in [0.29, 0.717) is 11.8 Å². The lowest BCUT2D eigenvalue weighted by atomic mass is 9.92. The molecule has 0 aliphatic rings. The number of rotatable bonds is 5. The predicted octanol–water partition coefficient (Wildman–Crippen LogP) is 6.64. The van der Waals surface area contributed by atoms with Gasteiger partial charge in [-0.2, -0.15) is 0 Å². The zero-order valence-corrected chi connectivity index (χ0v) is 15.3. The molecular weight excluding hydrogens is 278 g/mol. The Bertz CT molecular complexity index is 602. The van der Waals surface area contributed by atoms with Crippen molar-refractivity contribution < 1.29 is 0 Å². The summed E-state index contributed by atoms with van der Waals surface area (Å²) >= 11 is 0. The third-order valence-electron chi connectivity index (χ3n) is 4.60. The number of aryl methyl sites for hydroxylation is 2. The molecule has 0 fully saturated rings. The standard InChI is InChI=1S/C22H29N/c1-7-22(19(6)16(2)3)23(20-12-8-17(4)9-13-20)21-14-10-18(5)11-15-21/h7-16,19H,1-6H3/b22-7-/t19-/m0/s1. The highest BCUT2D eigenvalue weighted by Gasteiger charge is 2.21. The highest BCUT2D eigenvalue weighted by molar-refractivity contribution is 5.69. The number of benzene rings is 2. The van der Waals surface area contributed by atoms with Crippen molar-refractivity contribution in [2.24, 2.45) is 11.8 Å². The van der Waals surface area contributed by atoms with E-state index in [4.69, 9.17) is 0 Å². The molecule has 1 nitrogen and oxygen atoms in total. The molecule has 122 valence electrons. The van der Waals surface area contributed by atoms with E-state index in [-0.39, 0.29) is 0 Å². The molecule has 23 heavy (non-hydrogen) atoms. The summed E-state index contributed by atoms with van der Waals surface area (Å²) in [6.07, 6.45) is 2.25. The number of hydrogen-bond donors (Lipinski definition) is 0. The van der Waals surface area contributed by atoms with Gasteiger partial charge in [0.25, 0.3) is 0 Å². The summed E-state index contributed by atoms with van der Waals surface area (Å²) in [7, 11) is 0. The normalized spacial score (nSPS) is 13.3. The summed E-state index contributed by atoms with van der Waals surface area (Å²) in [6.45, 7) is 13.3. The van der Waals surface area contributed by atoms with Crippen molar-refractivity contribution in [3.8, 4) is 0 Å². The van der Waals surface area contributed by atoms with Gasteiger partial charge in [-0.25, -0.2) is 0 Å². The molecule has 0 saturated heterocycles. The number of anilines is 2. The molecule has 0 spiro atoms. The fraction of sp³-hybridized carbons (Fsp3) is 0.364. The van der Waals surface area contributed by atoms with Gasteiger partial charge >= 0.3 is 0 Å². The van der Waals surface area contributed by atoms with Gasteiger partial charge in [-0.3, -0.25) is 0 Å². The first-order chi connectivity index (χ1) is 10.9. The van der Waals surface area contributed by atoms with Gasteiger partial charge in [0.15, 0.2) is 0 Å². The molecular formula is C22H29N. The van der Waals surface area contributed by atoms with Crippen molar-refractivity contribution in [1.29, 1.82) is 0 Å². The zero-order chi connectivity index (χ0) is 17.0. The SMILES string of the molecule is C/C=C(/[C@@H](C)C(C)C)N(c1ccc(C)cc1)c1ccc(C)cc1. The van der Waals surface area contributed by atoms with E-state index >= 15 is 0 Å². The second-order valence-corrected chi connectivity index (χ2v) is 6.75. The largest absolute Gasteiger partial charge is 0.314 e. The number of hydrogen-bond acceptors (Lipinski definition) is 1. The van der Waals surface area contributed by atoms with Gasteiger partial charge in [-0.15, -0.1) is 0 Å². The third-order valence-corrected chi connectivity index (χ3v) is 4.60. The van der Waals surface area contributed by atoms with Crippen LogP contribution in [0.2, 0.25) is 0 Å². The fourth-order valence-corrected chi connectivity index (χ4v) is 2.77. The molecule has 1 heteroatoms. The number of allylic oxidation sites excluding steroid dienone is 2. The average molecular weight is 307 g/mol. The maximum Gasteiger partial charge on any atom is 0.0458 e. The van der Waals surface area contributed by atoms with Crippen molar-refractivity contribution in [2.75, 3.05) is 4.90 Å². The molecule has 0 saturated carbocycles. The van der Waals surface area contributed by atoms with Crippen LogP contribution in [0.5, 0.6) is 0 Å². The Morgan fingerprint density at radius 2 is 1.17 bits per heavy atom. The van der Waals surface area contributed by atoms with Crippen LogP contribution in [-0.4, -0.2) is 0 Å². The maximum absolute atomic E-state index is 2.39. The molecule has 0 amide bonds. The van der Waals surface area contributed by atoms with Crippen LogP contribution in [0.25, 0.3) is 0 Å². The van der Waals surface area contributed by atoms with Crippen molar-refractivity contribution in [1.82, 2.24) is 0 Å². The monoisotopic (exact) mass is 307 g/mol. The minimum atomic E-state index is 0.489. The van der Waals surface area contributed by atoms with Gasteiger partial charge in [-0.1, -0.05) is 62.2 Å². The van der Waals surface area contributed by atoms with E-state index in [1.54, 1.807) is 0 Å². The lowest BCUT2D eigenvalue weighted by Crippen LogP contribution is -2.24. The summed E-state index contributed by atoms with van der Waals surface area (Å²) in [5.74, 6) is 1.09. The first kappa shape index (κ1) is 17.3. The van der Waals surface area contributed by atoms with Crippen LogP contribution in [-0.2, 0) is 0 Å². The Kier molecular flexibility index (Phi) is 5.65. The van der Waals surface area contributed by atoms with Crippen LogP contribution in [0.1, 0.15) is 38.8 Å². The first-order valence-electron chi connectivity index (χ1n) is 8.53. The van der Waals surface area contributed by atoms with Crippen LogP contribution < -0.4 is 4.90 Å². The van der Waals surface area contributed by atoms with E-state index in [1.165, 1.54) is 28.2 Å². The fourth-order valence-electron chi connectivity index (χ4n) is 2.77. The van der Waals surface area contributed by atoms with Gasteiger partial charge in [-0.05, 0) is 56.9 Å². The van der Waals surface area contributed by atoms with Crippen molar-refractivity contribution >= 4 is 11.4 Å². The molecule has 0 N–H and O–H groups in total. The Morgan fingerprint density at radius 3 is 1.48 bits per heavy atom. The summed E-state index contributed by atoms with van der Waals surface area (Å²) < 4.78 is 0. The zero-order valence-electron chi connectivity index (χ0n) is 15.3. The van der Waals surface area contributed by atoms with Gasteiger partial charge in [0.1, 0.15) is 0 Å². The number of nitrogens with zero attached hydrogens (tertiary/aromatic N) is 1. The van der Waals surface area contributed by atoms with E-state index in [9.17, 15) is 0 Å². The summed E-state index contributed by atoms with van der Waals surface area (Å²) in [6, 6.07) is 17.6. The van der Waals surface area contributed by atoms with Crippen LogP contribution in [0.3, 0.4) is 0 Å². The van der Waals surface area contributed by atoms with E-state index in [1.807, 2.05) is 0 Å². The molecule has 0 unspecified atom stereocenters. The Morgan fingerprint density at radius 1 is 0.783 bits per heavy atom. The van der Waals surface area contributed by atoms with Crippen LogP contribution in [0, 0.1) is 25.7 Å². The molecule has 0 aromatic heterocycles. The van der Waals surface area contributed by atoms with E-state index in [2.05, 4.69) is 101 Å². The second kappa shape index (κ2) is 7.50. The molecule has 1 atom stereocenters. The minimum absolute atomic E-state index is 0.489. The van der Waals surface area contributed by atoms with Crippen molar-refractivity contribution in [3.63, 3.8) is 0 Å². The van der Waals surface area contributed by atoms with Crippen molar-refractivity contribution in [3.05, 3.63) is 71.4 Å². The predicted molar refractivity (Wildman–Crippen MR) is 102 cm³/mol. The Labute approximate surface area is 141 Å². The summed E-state index contributed by atoms with van der Waals surface area (Å²) in [4.78, 5) is 2.39. The van der Waals surface area contributed by atoms with Gasteiger partial charge in [0.2, 0.25) is 0 Å². The molecule has 2 rings (SSSR count). The molecule has 0 aliphatic carbocycles. The average Bonchev–Trinajstić information content (AvgIpc) is 2.54. The van der Waals surface area contributed by atoms with Crippen LogP contribution >= 0.6 is 0 Å². The Balaban J connectivity index is 2.54. The molecule has 2 aromatic carbocycles. The summed E-state index contributed by atoms with van der Waals surface area (Å²) in [5, 5.41) is 0. The van der Waals surface area contributed by atoms with Crippen LogP contribution in [0.15, 0.2) is 60.3 Å². The second-order valence-electron chi connectivity index (χ2n) is 6.75.